The van der Waals surface area contributed by atoms with Crippen LogP contribution >= 0.6 is 0 Å². The average Bonchev–Trinajstić information content (AvgIpc) is 1.70. The molecule has 5 heteroatoms. The molecule has 0 saturated carbocycles. The minimum absolute atomic E-state index is 0. The van der Waals surface area contributed by atoms with E-state index in [0.29, 0.717) is 0 Å². The van der Waals surface area contributed by atoms with Crippen molar-refractivity contribution in [3.63, 3.8) is 0 Å². The Hall–Kier alpha value is 0.542. The van der Waals surface area contributed by atoms with Gasteiger partial charge in [0, 0.05) is 16.8 Å². The van der Waals surface area contributed by atoms with Gasteiger partial charge in [-0.25, -0.2) is 0 Å². The zero-order valence-electron chi connectivity index (χ0n) is 13.3. The third-order valence-corrected chi connectivity index (χ3v) is 1.35. The van der Waals surface area contributed by atoms with Crippen LogP contribution in [0.25, 0.3) is 0 Å². The van der Waals surface area contributed by atoms with Crippen LogP contribution in [0, 0.1) is 0 Å². The minimum Gasteiger partial charge on any atom is -0.381 e. The van der Waals surface area contributed by atoms with Crippen molar-refractivity contribution in [3.8, 4) is 0 Å². The standard InChI is InChI=1S/C12H27BO3.Li/c1-10(2,3)14-13(15-11(4,5)6)16-12(7,8)9;/h1-9H3;/q;+1. The van der Waals surface area contributed by atoms with Gasteiger partial charge in [0.25, 0.3) is 0 Å². The van der Waals surface area contributed by atoms with E-state index in [0.717, 1.165) is 0 Å². The first-order valence-electron chi connectivity index (χ1n) is 5.82. The summed E-state index contributed by atoms with van der Waals surface area (Å²) in [6.07, 6.45) is 0. The molecule has 0 aromatic heterocycles. The predicted octanol–water partition coefficient (Wildman–Crippen LogP) is 0.421. The van der Waals surface area contributed by atoms with E-state index in [2.05, 4.69) is 0 Å². The number of hydrogen-bond acceptors (Lipinski definition) is 3. The largest absolute Gasteiger partial charge is 1.00 e. The Bertz CT molecular complexity index is 175. The average molecular weight is 237 g/mol. The van der Waals surface area contributed by atoms with Gasteiger partial charge in [0.2, 0.25) is 0 Å². The Morgan fingerprint density at radius 1 is 0.529 bits per heavy atom. The zero-order chi connectivity index (χ0) is 13.2. The molecule has 17 heavy (non-hydrogen) atoms. The monoisotopic (exact) mass is 237 g/mol. The summed E-state index contributed by atoms with van der Waals surface area (Å²) in [5.74, 6) is 0. The molecule has 0 bridgehead atoms. The third-order valence-electron chi connectivity index (χ3n) is 1.35. The first-order valence-corrected chi connectivity index (χ1v) is 5.82. The molecule has 0 heterocycles. The Balaban J connectivity index is 0. The van der Waals surface area contributed by atoms with Gasteiger partial charge in [-0.15, -0.1) is 0 Å². The molecule has 0 aromatic carbocycles. The first kappa shape index (κ1) is 19.9. The van der Waals surface area contributed by atoms with Crippen molar-refractivity contribution in [3.05, 3.63) is 0 Å². The Labute approximate surface area is 119 Å². The van der Waals surface area contributed by atoms with Crippen LogP contribution in [0.5, 0.6) is 0 Å². The second-order valence-electron chi connectivity index (χ2n) is 6.98. The van der Waals surface area contributed by atoms with Gasteiger partial charge >= 0.3 is 26.2 Å². The molecule has 0 rings (SSSR count). The smallest absolute Gasteiger partial charge is 0.381 e. The summed E-state index contributed by atoms with van der Waals surface area (Å²) in [6.45, 7) is 17.9. The maximum absolute atomic E-state index is 5.75. The van der Waals surface area contributed by atoms with E-state index < -0.39 is 7.32 Å². The van der Waals surface area contributed by atoms with Crippen LogP contribution in [0.4, 0.5) is 0 Å². The van der Waals surface area contributed by atoms with Crippen LogP contribution in [0.1, 0.15) is 62.3 Å². The molecular weight excluding hydrogens is 210 g/mol. The van der Waals surface area contributed by atoms with Gasteiger partial charge in [-0.05, 0) is 62.3 Å². The fourth-order valence-corrected chi connectivity index (χ4v) is 0.938. The number of hydrogen-bond donors (Lipinski definition) is 0. The van der Waals surface area contributed by atoms with Crippen molar-refractivity contribution in [2.45, 2.75) is 79.1 Å². The van der Waals surface area contributed by atoms with Crippen LogP contribution in [-0.4, -0.2) is 24.1 Å². The summed E-state index contributed by atoms with van der Waals surface area (Å²) in [4.78, 5) is 0. The third kappa shape index (κ3) is 14.5. The molecule has 0 amide bonds. The molecule has 0 aliphatic rings. The van der Waals surface area contributed by atoms with E-state index in [9.17, 15) is 0 Å². The van der Waals surface area contributed by atoms with Crippen molar-refractivity contribution in [1.82, 2.24) is 0 Å². The van der Waals surface area contributed by atoms with Crippen molar-refractivity contribution in [2.24, 2.45) is 0 Å². The molecule has 3 nitrogen and oxygen atoms in total. The molecule has 0 spiro atoms. The van der Waals surface area contributed by atoms with E-state index in [1.807, 2.05) is 62.3 Å². The quantitative estimate of drug-likeness (QED) is 0.666. The van der Waals surface area contributed by atoms with Crippen LogP contribution in [0.3, 0.4) is 0 Å². The fraction of sp³-hybridized carbons (Fsp3) is 1.00. The second-order valence-corrected chi connectivity index (χ2v) is 6.98. The van der Waals surface area contributed by atoms with E-state index in [4.69, 9.17) is 14.0 Å². The zero-order valence-corrected chi connectivity index (χ0v) is 13.3. The molecule has 0 aliphatic carbocycles. The topological polar surface area (TPSA) is 27.7 Å². The van der Waals surface area contributed by atoms with Crippen LogP contribution in [0.15, 0.2) is 0 Å². The molecule has 0 saturated heterocycles. The molecule has 0 aromatic rings. The van der Waals surface area contributed by atoms with Gasteiger partial charge in [-0.3, -0.25) is 0 Å². The Morgan fingerprint density at radius 3 is 0.824 bits per heavy atom. The summed E-state index contributed by atoms with van der Waals surface area (Å²) >= 11 is 0. The summed E-state index contributed by atoms with van der Waals surface area (Å²) in [5, 5.41) is 0. The normalized spacial score (nSPS) is 13.2. The molecule has 0 unspecified atom stereocenters. The van der Waals surface area contributed by atoms with Gasteiger partial charge < -0.3 is 14.0 Å². The summed E-state index contributed by atoms with van der Waals surface area (Å²) in [7, 11) is -0.639. The van der Waals surface area contributed by atoms with E-state index in [-0.39, 0.29) is 35.7 Å². The number of rotatable bonds is 3. The molecule has 96 valence electrons. The van der Waals surface area contributed by atoms with Gasteiger partial charge in [0.05, 0.1) is 0 Å². The SMILES string of the molecule is CC(C)(C)OB(OC(C)(C)C)OC(C)(C)C.[Li+]. The van der Waals surface area contributed by atoms with E-state index in [1.165, 1.54) is 0 Å². The Morgan fingerprint density at radius 2 is 0.706 bits per heavy atom. The van der Waals surface area contributed by atoms with Crippen molar-refractivity contribution in [2.75, 3.05) is 0 Å². The van der Waals surface area contributed by atoms with Gasteiger partial charge in [-0.1, -0.05) is 0 Å². The van der Waals surface area contributed by atoms with Gasteiger partial charge in [0.15, 0.2) is 0 Å². The molecule has 0 radical (unpaired) electrons. The van der Waals surface area contributed by atoms with E-state index >= 15 is 0 Å². The summed E-state index contributed by atoms with van der Waals surface area (Å²) < 4.78 is 17.2. The predicted molar refractivity (Wildman–Crippen MR) is 68.3 cm³/mol. The minimum atomic E-state index is -0.639. The van der Waals surface area contributed by atoms with Crippen molar-refractivity contribution >= 4 is 7.32 Å². The van der Waals surface area contributed by atoms with Crippen LogP contribution < -0.4 is 18.9 Å². The molecule has 0 aliphatic heterocycles. The van der Waals surface area contributed by atoms with E-state index in [1.54, 1.807) is 0 Å². The van der Waals surface area contributed by atoms with Crippen LogP contribution in [0.2, 0.25) is 0 Å². The maximum Gasteiger partial charge on any atom is 1.00 e. The molecule has 0 atom stereocenters. The summed E-state index contributed by atoms with van der Waals surface area (Å²) in [6, 6.07) is 0. The Kier molecular flexibility index (Phi) is 7.76. The molecule has 0 N–H and O–H groups in total. The molecule has 0 fully saturated rings. The molecular formula is C12H27BLiO3+. The maximum atomic E-state index is 5.75. The first-order chi connectivity index (χ1) is 6.79. The fourth-order valence-electron chi connectivity index (χ4n) is 0.938. The van der Waals surface area contributed by atoms with Gasteiger partial charge in [-0.2, -0.15) is 0 Å². The van der Waals surface area contributed by atoms with Crippen LogP contribution in [-0.2, 0) is 14.0 Å². The summed E-state index contributed by atoms with van der Waals surface area (Å²) in [5.41, 5.74) is -0.872. The van der Waals surface area contributed by atoms with Crippen molar-refractivity contribution in [1.29, 1.82) is 0 Å². The van der Waals surface area contributed by atoms with Crippen molar-refractivity contribution < 1.29 is 32.8 Å². The van der Waals surface area contributed by atoms with Gasteiger partial charge in [0.1, 0.15) is 0 Å². The second kappa shape index (κ2) is 6.63.